The molecule has 1 aliphatic heterocycles. The van der Waals surface area contributed by atoms with Gasteiger partial charge in [0.2, 0.25) is 6.79 Å². The van der Waals surface area contributed by atoms with Crippen LogP contribution in [0.2, 0.25) is 0 Å². The Morgan fingerprint density at radius 3 is 3.00 bits per heavy atom. The first-order chi connectivity index (χ1) is 10.3. The van der Waals surface area contributed by atoms with E-state index < -0.39 is 0 Å². The second-order valence-corrected chi connectivity index (χ2v) is 5.98. The van der Waals surface area contributed by atoms with Crippen molar-refractivity contribution in [1.82, 2.24) is 15.1 Å². The minimum atomic E-state index is 0.273. The summed E-state index contributed by atoms with van der Waals surface area (Å²) in [6, 6.07) is 6.43. The van der Waals surface area contributed by atoms with Crippen molar-refractivity contribution < 1.29 is 9.47 Å². The molecule has 0 saturated heterocycles. The lowest BCUT2D eigenvalue weighted by atomic mass is 10.1. The molecule has 0 fully saturated rings. The minimum absolute atomic E-state index is 0.273. The first-order valence-electron chi connectivity index (χ1n) is 7.00. The molecule has 1 unspecified atom stereocenters. The highest BCUT2D eigenvalue weighted by atomic mass is 32.2. The lowest BCUT2D eigenvalue weighted by molar-refractivity contribution is 0.174. The van der Waals surface area contributed by atoms with Gasteiger partial charge in [-0.25, -0.2) is 0 Å². The lowest BCUT2D eigenvalue weighted by Gasteiger charge is -2.18. The number of hydrogen-bond donors (Lipinski definition) is 1. The molecule has 1 aliphatic rings. The van der Waals surface area contributed by atoms with Crippen LogP contribution in [0.5, 0.6) is 11.5 Å². The number of aryl methyl sites for hydroxylation is 1. The van der Waals surface area contributed by atoms with Crippen molar-refractivity contribution in [3.63, 3.8) is 0 Å². The summed E-state index contributed by atoms with van der Waals surface area (Å²) in [5, 5.41) is 7.72. The Labute approximate surface area is 128 Å². The molecule has 1 aromatic carbocycles. The van der Waals surface area contributed by atoms with Gasteiger partial charge in [-0.05, 0) is 24.2 Å². The third-order valence-corrected chi connectivity index (χ3v) is 4.39. The molecule has 1 N–H and O–H groups in total. The Morgan fingerprint density at radius 2 is 2.24 bits per heavy atom. The fraction of sp³-hybridized carbons (Fsp3) is 0.400. The maximum absolute atomic E-state index is 5.46. The number of hydrogen-bond acceptors (Lipinski definition) is 5. The van der Waals surface area contributed by atoms with E-state index in [-0.39, 0.29) is 6.04 Å². The van der Waals surface area contributed by atoms with Gasteiger partial charge in [0.05, 0.1) is 6.20 Å². The van der Waals surface area contributed by atoms with E-state index >= 15 is 0 Å². The molecule has 6 heteroatoms. The molecule has 1 atom stereocenters. The van der Waals surface area contributed by atoms with E-state index in [2.05, 4.69) is 29.5 Å². The maximum Gasteiger partial charge on any atom is 0.231 e. The summed E-state index contributed by atoms with van der Waals surface area (Å²) in [4.78, 5) is 1.18. The zero-order chi connectivity index (χ0) is 14.7. The smallest absolute Gasteiger partial charge is 0.231 e. The zero-order valence-electron chi connectivity index (χ0n) is 12.2. The highest BCUT2D eigenvalue weighted by Crippen LogP contribution is 2.35. The highest BCUT2D eigenvalue weighted by Gasteiger charge is 2.18. The second kappa shape index (κ2) is 6.41. The van der Waals surface area contributed by atoms with E-state index in [0.29, 0.717) is 6.79 Å². The summed E-state index contributed by atoms with van der Waals surface area (Å²) in [5.74, 6) is 2.61. The third kappa shape index (κ3) is 3.33. The molecule has 2 heterocycles. The van der Waals surface area contributed by atoms with Gasteiger partial charge in [-0.2, -0.15) is 5.10 Å². The molecule has 0 amide bonds. The first kappa shape index (κ1) is 14.3. The fourth-order valence-electron chi connectivity index (χ4n) is 2.30. The van der Waals surface area contributed by atoms with Crippen LogP contribution in [0.1, 0.15) is 18.5 Å². The SMILES string of the molecule is CCNC(CSc1cnn(C)c1)c1ccc2c(c1)OCO2. The molecular formula is C15H19N3O2S. The molecule has 21 heavy (non-hydrogen) atoms. The average molecular weight is 305 g/mol. The quantitative estimate of drug-likeness (QED) is 0.831. The van der Waals surface area contributed by atoms with Gasteiger partial charge >= 0.3 is 0 Å². The topological polar surface area (TPSA) is 48.3 Å². The van der Waals surface area contributed by atoms with Crippen molar-refractivity contribution in [2.75, 3.05) is 19.1 Å². The van der Waals surface area contributed by atoms with E-state index in [9.17, 15) is 0 Å². The first-order valence-corrected chi connectivity index (χ1v) is 7.99. The number of benzene rings is 1. The van der Waals surface area contributed by atoms with E-state index in [1.807, 2.05) is 30.2 Å². The largest absolute Gasteiger partial charge is 0.454 e. The molecule has 5 nitrogen and oxygen atoms in total. The monoisotopic (exact) mass is 305 g/mol. The predicted molar refractivity (Wildman–Crippen MR) is 82.9 cm³/mol. The van der Waals surface area contributed by atoms with Gasteiger partial charge in [-0.3, -0.25) is 4.68 Å². The van der Waals surface area contributed by atoms with Crippen LogP contribution < -0.4 is 14.8 Å². The zero-order valence-corrected chi connectivity index (χ0v) is 13.0. The summed E-state index contributed by atoms with van der Waals surface area (Å²) in [7, 11) is 1.93. The third-order valence-electron chi connectivity index (χ3n) is 3.35. The van der Waals surface area contributed by atoms with Crippen LogP contribution in [0, 0.1) is 0 Å². The molecule has 0 aliphatic carbocycles. The van der Waals surface area contributed by atoms with E-state index in [0.717, 1.165) is 23.8 Å². The van der Waals surface area contributed by atoms with Crippen molar-refractivity contribution in [3.8, 4) is 11.5 Å². The van der Waals surface area contributed by atoms with Gasteiger partial charge in [0, 0.05) is 29.9 Å². The standard InChI is InChI=1S/C15H19N3O2S/c1-3-16-13(9-21-12-7-17-18(2)8-12)11-4-5-14-15(6-11)20-10-19-14/h4-8,13,16H,3,9-10H2,1-2H3. The van der Waals surface area contributed by atoms with Crippen molar-refractivity contribution in [2.24, 2.45) is 7.05 Å². The van der Waals surface area contributed by atoms with Gasteiger partial charge in [-0.1, -0.05) is 13.0 Å². The fourth-order valence-corrected chi connectivity index (χ4v) is 3.32. The van der Waals surface area contributed by atoms with Crippen molar-refractivity contribution >= 4 is 11.8 Å². The summed E-state index contributed by atoms with van der Waals surface area (Å²) in [5.41, 5.74) is 1.22. The molecule has 0 spiro atoms. The van der Waals surface area contributed by atoms with E-state index in [4.69, 9.17) is 9.47 Å². The second-order valence-electron chi connectivity index (χ2n) is 4.88. The Kier molecular flexibility index (Phi) is 4.36. The molecular weight excluding hydrogens is 286 g/mol. The Balaban J connectivity index is 1.71. The van der Waals surface area contributed by atoms with E-state index in [1.165, 1.54) is 10.5 Å². The number of aromatic nitrogens is 2. The van der Waals surface area contributed by atoms with Crippen molar-refractivity contribution in [1.29, 1.82) is 0 Å². The van der Waals surface area contributed by atoms with Gasteiger partial charge in [0.15, 0.2) is 11.5 Å². The lowest BCUT2D eigenvalue weighted by Crippen LogP contribution is -2.22. The van der Waals surface area contributed by atoms with Crippen LogP contribution in [-0.4, -0.2) is 28.9 Å². The van der Waals surface area contributed by atoms with Gasteiger partial charge in [-0.15, -0.1) is 11.8 Å². The average Bonchev–Trinajstić information content (AvgIpc) is 3.11. The summed E-state index contributed by atoms with van der Waals surface area (Å²) >= 11 is 1.80. The number of thioether (sulfide) groups is 1. The highest BCUT2D eigenvalue weighted by molar-refractivity contribution is 7.99. The number of ether oxygens (including phenoxy) is 2. The Bertz CT molecular complexity index is 615. The van der Waals surface area contributed by atoms with Gasteiger partial charge < -0.3 is 14.8 Å². The van der Waals surface area contributed by atoms with Gasteiger partial charge in [0.25, 0.3) is 0 Å². The van der Waals surface area contributed by atoms with Crippen LogP contribution in [0.4, 0.5) is 0 Å². The molecule has 0 saturated carbocycles. The van der Waals surface area contributed by atoms with Crippen LogP contribution in [0.3, 0.4) is 0 Å². The Morgan fingerprint density at radius 1 is 1.38 bits per heavy atom. The number of fused-ring (bicyclic) bond motifs is 1. The molecule has 0 bridgehead atoms. The van der Waals surface area contributed by atoms with Gasteiger partial charge in [0.1, 0.15) is 0 Å². The van der Waals surface area contributed by atoms with Crippen LogP contribution in [-0.2, 0) is 7.05 Å². The summed E-state index contributed by atoms with van der Waals surface area (Å²) in [6.45, 7) is 3.36. The van der Waals surface area contributed by atoms with Crippen LogP contribution in [0.15, 0.2) is 35.5 Å². The summed E-state index contributed by atoms with van der Waals surface area (Å²) in [6.07, 6.45) is 3.93. The molecule has 2 aromatic rings. The number of rotatable bonds is 6. The van der Waals surface area contributed by atoms with Crippen molar-refractivity contribution in [3.05, 3.63) is 36.2 Å². The van der Waals surface area contributed by atoms with E-state index in [1.54, 1.807) is 11.8 Å². The Hall–Kier alpha value is -1.66. The van der Waals surface area contributed by atoms with Crippen LogP contribution in [0.25, 0.3) is 0 Å². The normalized spacial score (nSPS) is 14.4. The molecule has 3 rings (SSSR count). The van der Waals surface area contributed by atoms with Crippen molar-refractivity contribution in [2.45, 2.75) is 17.9 Å². The molecule has 0 radical (unpaired) electrons. The number of nitrogens with one attached hydrogen (secondary N) is 1. The van der Waals surface area contributed by atoms with Crippen LogP contribution >= 0.6 is 11.8 Å². The summed E-state index contributed by atoms with van der Waals surface area (Å²) < 4.78 is 12.7. The minimum Gasteiger partial charge on any atom is -0.454 e. The number of nitrogens with zero attached hydrogens (tertiary/aromatic N) is 2. The maximum atomic E-state index is 5.46. The molecule has 1 aromatic heterocycles. The predicted octanol–water partition coefficient (Wildman–Crippen LogP) is 2.59. The molecule has 112 valence electrons.